The lowest BCUT2D eigenvalue weighted by molar-refractivity contribution is 0.606. The van der Waals surface area contributed by atoms with Gasteiger partial charge in [0.1, 0.15) is 5.82 Å². The first-order valence-corrected chi connectivity index (χ1v) is 12.2. The summed E-state index contributed by atoms with van der Waals surface area (Å²) in [5.74, 6) is 1.35. The average Bonchev–Trinajstić information content (AvgIpc) is 2.67. The predicted octanol–water partition coefficient (Wildman–Crippen LogP) is 4.05. The van der Waals surface area contributed by atoms with Gasteiger partial charge in [-0.1, -0.05) is 18.2 Å². The molecule has 0 saturated heterocycles. The Hall–Kier alpha value is -1.53. The molecule has 2 rings (SSSR count). The third-order valence-electron chi connectivity index (χ3n) is 3.76. The second kappa shape index (κ2) is 13.7. The Morgan fingerprint density at radius 2 is 1.80 bits per heavy atom. The fourth-order valence-corrected chi connectivity index (χ4v) is 3.91. The first-order valence-electron chi connectivity index (χ1n) is 9.33. The van der Waals surface area contributed by atoms with E-state index in [4.69, 9.17) is 0 Å². The molecule has 0 atom stereocenters. The fourth-order valence-electron chi connectivity index (χ4n) is 2.46. The van der Waals surface area contributed by atoms with Gasteiger partial charge in [-0.3, -0.25) is 4.72 Å². The molecule has 0 bridgehead atoms. The number of anilines is 1. The molecule has 0 aliphatic heterocycles. The van der Waals surface area contributed by atoms with Gasteiger partial charge in [-0.25, -0.2) is 17.8 Å². The predicted molar refractivity (Wildman–Crippen MR) is 135 cm³/mol. The summed E-state index contributed by atoms with van der Waals surface area (Å²) in [7, 11) is -3.35. The largest absolute Gasteiger partial charge is 0.357 e. The molecule has 3 N–H and O–H groups in total. The number of thioether (sulfide) groups is 1. The normalized spacial score (nSPS) is 11.5. The summed E-state index contributed by atoms with van der Waals surface area (Å²) in [6.07, 6.45) is 2.04. The molecule has 0 aliphatic carbocycles. The number of para-hydroxylation sites is 1. The number of benzene rings is 2. The second-order valence-electron chi connectivity index (χ2n) is 6.31. The highest BCUT2D eigenvalue weighted by Gasteiger charge is 2.07. The monoisotopic (exact) mass is 566 g/mol. The van der Waals surface area contributed by atoms with E-state index in [0.29, 0.717) is 18.2 Å². The van der Waals surface area contributed by atoms with Crippen molar-refractivity contribution in [1.82, 2.24) is 10.6 Å². The minimum Gasteiger partial charge on any atom is -0.357 e. The molecule has 0 fully saturated rings. The topological polar surface area (TPSA) is 82.6 Å². The number of rotatable bonds is 10. The fraction of sp³-hybridized carbons (Fsp3) is 0.350. The van der Waals surface area contributed by atoms with Crippen LogP contribution in [-0.4, -0.2) is 39.5 Å². The zero-order valence-corrected chi connectivity index (χ0v) is 21.0. The number of halogens is 2. The molecule has 10 heteroatoms. The highest BCUT2D eigenvalue weighted by Crippen LogP contribution is 2.19. The molecule has 0 spiro atoms. The summed E-state index contributed by atoms with van der Waals surface area (Å²) in [5, 5.41) is 6.47. The smallest absolute Gasteiger partial charge is 0.229 e. The summed E-state index contributed by atoms with van der Waals surface area (Å²) in [6, 6.07) is 13.7. The van der Waals surface area contributed by atoms with Gasteiger partial charge in [0.2, 0.25) is 10.0 Å². The lowest BCUT2D eigenvalue weighted by atomic mass is 10.2. The number of hydrogen-bond acceptors (Lipinski definition) is 4. The average molecular weight is 567 g/mol. The Morgan fingerprint density at radius 1 is 1.10 bits per heavy atom. The van der Waals surface area contributed by atoms with E-state index in [1.807, 2.05) is 19.1 Å². The number of sulfonamides is 1. The Labute approximate surface area is 199 Å². The molecule has 0 amide bonds. The van der Waals surface area contributed by atoms with Crippen LogP contribution in [0.2, 0.25) is 0 Å². The molecular weight excluding hydrogens is 538 g/mol. The van der Waals surface area contributed by atoms with Gasteiger partial charge in [0.05, 0.1) is 18.5 Å². The molecule has 6 nitrogen and oxygen atoms in total. The van der Waals surface area contributed by atoms with Crippen molar-refractivity contribution < 1.29 is 12.8 Å². The minimum atomic E-state index is -3.35. The molecule has 2 aromatic carbocycles. The van der Waals surface area contributed by atoms with Gasteiger partial charge < -0.3 is 10.6 Å². The third-order valence-corrected chi connectivity index (χ3v) is 5.45. The van der Waals surface area contributed by atoms with Crippen LogP contribution in [0.3, 0.4) is 0 Å². The van der Waals surface area contributed by atoms with Crippen molar-refractivity contribution in [2.45, 2.75) is 24.8 Å². The van der Waals surface area contributed by atoms with E-state index < -0.39 is 10.0 Å². The SMILES string of the molecule is CCNC(=NCc1ccccc1NS(C)(=O)=O)NCCCSc1ccc(F)cc1.I. The highest BCUT2D eigenvalue weighted by atomic mass is 127. The van der Waals surface area contributed by atoms with Crippen molar-refractivity contribution in [3.8, 4) is 0 Å². The van der Waals surface area contributed by atoms with E-state index in [-0.39, 0.29) is 29.8 Å². The van der Waals surface area contributed by atoms with E-state index in [1.54, 1.807) is 36.0 Å². The van der Waals surface area contributed by atoms with Crippen molar-refractivity contribution in [1.29, 1.82) is 0 Å². The Kier molecular flexibility index (Phi) is 12.1. The molecular formula is C20H28FIN4O2S2. The lowest BCUT2D eigenvalue weighted by Gasteiger charge is -2.13. The Balaban J connectivity index is 0.00000450. The first-order chi connectivity index (χ1) is 13.9. The minimum absolute atomic E-state index is 0. The standard InChI is InChI=1S/C20H27FN4O2S2.HI/c1-3-22-20(23-13-6-14-28-18-11-9-17(21)10-12-18)24-15-16-7-4-5-8-19(16)25-29(2,26)27;/h4-5,7-12,25H,3,6,13-15H2,1-2H3,(H2,22,23,24);1H. The van der Waals surface area contributed by atoms with Crippen molar-refractivity contribution in [3.05, 3.63) is 59.9 Å². The number of hydrogen-bond donors (Lipinski definition) is 3. The van der Waals surface area contributed by atoms with Crippen LogP contribution in [-0.2, 0) is 16.6 Å². The number of aliphatic imine (C=N–C) groups is 1. The third kappa shape index (κ3) is 10.5. The van der Waals surface area contributed by atoms with Crippen molar-refractivity contribution in [2.24, 2.45) is 4.99 Å². The van der Waals surface area contributed by atoms with Crippen LogP contribution in [0, 0.1) is 5.82 Å². The Morgan fingerprint density at radius 3 is 2.47 bits per heavy atom. The van der Waals surface area contributed by atoms with Crippen LogP contribution in [0.25, 0.3) is 0 Å². The molecule has 0 aromatic heterocycles. The lowest BCUT2D eigenvalue weighted by Crippen LogP contribution is -2.37. The summed E-state index contributed by atoms with van der Waals surface area (Å²) >= 11 is 1.68. The van der Waals surface area contributed by atoms with Gasteiger partial charge in [0, 0.05) is 18.0 Å². The van der Waals surface area contributed by atoms with Crippen LogP contribution < -0.4 is 15.4 Å². The van der Waals surface area contributed by atoms with Crippen LogP contribution >= 0.6 is 35.7 Å². The zero-order valence-electron chi connectivity index (χ0n) is 17.0. The van der Waals surface area contributed by atoms with Gasteiger partial charge in [-0.05, 0) is 55.0 Å². The van der Waals surface area contributed by atoms with Crippen LogP contribution in [0.15, 0.2) is 58.4 Å². The van der Waals surface area contributed by atoms with E-state index in [9.17, 15) is 12.8 Å². The van der Waals surface area contributed by atoms with Crippen LogP contribution in [0.4, 0.5) is 10.1 Å². The molecule has 0 radical (unpaired) electrons. The van der Waals surface area contributed by atoms with Crippen LogP contribution in [0.5, 0.6) is 0 Å². The van der Waals surface area contributed by atoms with E-state index in [1.165, 1.54) is 12.1 Å². The van der Waals surface area contributed by atoms with Gasteiger partial charge in [-0.2, -0.15) is 0 Å². The maximum atomic E-state index is 12.9. The Bertz CT molecular complexity index is 909. The van der Waals surface area contributed by atoms with Crippen LogP contribution in [0.1, 0.15) is 18.9 Å². The molecule has 0 unspecified atom stereocenters. The van der Waals surface area contributed by atoms with Gasteiger partial charge in [0.15, 0.2) is 5.96 Å². The number of guanidine groups is 1. The molecule has 2 aromatic rings. The molecule has 166 valence electrons. The van der Waals surface area contributed by atoms with E-state index in [2.05, 4.69) is 20.3 Å². The van der Waals surface area contributed by atoms with Gasteiger partial charge >= 0.3 is 0 Å². The summed E-state index contributed by atoms with van der Waals surface area (Å²) in [6.45, 7) is 3.79. The molecule has 30 heavy (non-hydrogen) atoms. The van der Waals surface area contributed by atoms with Gasteiger partial charge in [-0.15, -0.1) is 35.7 Å². The molecule has 0 heterocycles. The van der Waals surface area contributed by atoms with Crippen molar-refractivity contribution in [3.63, 3.8) is 0 Å². The van der Waals surface area contributed by atoms with E-state index >= 15 is 0 Å². The maximum absolute atomic E-state index is 12.9. The molecule has 0 aliphatic rings. The van der Waals surface area contributed by atoms with Crippen molar-refractivity contribution >= 4 is 57.4 Å². The summed E-state index contributed by atoms with van der Waals surface area (Å²) < 4.78 is 38.5. The summed E-state index contributed by atoms with van der Waals surface area (Å²) in [5.41, 5.74) is 1.33. The zero-order chi connectivity index (χ0) is 21.1. The quantitative estimate of drug-likeness (QED) is 0.133. The number of nitrogens with one attached hydrogen (secondary N) is 3. The molecule has 0 saturated carbocycles. The second-order valence-corrected chi connectivity index (χ2v) is 9.23. The maximum Gasteiger partial charge on any atom is 0.229 e. The van der Waals surface area contributed by atoms with Gasteiger partial charge in [0.25, 0.3) is 0 Å². The van der Waals surface area contributed by atoms with Crippen molar-refractivity contribution in [2.75, 3.05) is 29.8 Å². The van der Waals surface area contributed by atoms with E-state index in [0.717, 1.165) is 42.0 Å². The highest BCUT2D eigenvalue weighted by molar-refractivity contribution is 14.0. The summed E-state index contributed by atoms with van der Waals surface area (Å²) in [4.78, 5) is 5.59. The number of nitrogens with zero attached hydrogens (tertiary/aromatic N) is 1. The first kappa shape index (κ1) is 26.5.